The van der Waals surface area contributed by atoms with Crippen LogP contribution in [-0.2, 0) is 4.79 Å². The number of amides is 1. The van der Waals surface area contributed by atoms with Crippen LogP contribution in [0.2, 0.25) is 0 Å². The number of benzene rings is 1. The Morgan fingerprint density at radius 1 is 1.18 bits per heavy atom. The average Bonchev–Trinajstić information content (AvgIpc) is 2.95. The molecule has 0 saturated carbocycles. The number of fused-ring (bicyclic) bond motifs is 2. The van der Waals surface area contributed by atoms with E-state index in [9.17, 15) is 9.59 Å². The van der Waals surface area contributed by atoms with Crippen molar-refractivity contribution >= 4 is 28.8 Å². The third kappa shape index (κ3) is 3.68. The maximum absolute atomic E-state index is 16.4. The van der Waals surface area contributed by atoms with Crippen LogP contribution in [0.4, 0.5) is 10.2 Å². The number of halogens is 1. The molecule has 0 radical (unpaired) electrons. The monoisotopic (exact) mass is 537 g/mol. The van der Waals surface area contributed by atoms with Crippen LogP contribution in [0, 0.1) is 12.7 Å². The van der Waals surface area contributed by atoms with Gasteiger partial charge in [-0.15, -0.1) is 4.57 Å². The molecule has 1 amide bonds. The fraction of sp³-hybridized carbons (Fsp3) is 0.258. The van der Waals surface area contributed by atoms with E-state index in [0.717, 1.165) is 11.1 Å². The molecular formula is C31H30FN6O2+. The lowest BCUT2D eigenvalue weighted by atomic mass is 9.98. The van der Waals surface area contributed by atoms with Crippen molar-refractivity contribution in [2.24, 2.45) is 0 Å². The first-order chi connectivity index (χ1) is 19.3. The van der Waals surface area contributed by atoms with Crippen LogP contribution < -0.4 is 15.2 Å². The van der Waals surface area contributed by atoms with Gasteiger partial charge in [0.2, 0.25) is 5.91 Å². The normalized spacial score (nSPS) is 18.0. The summed E-state index contributed by atoms with van der Waals surface area (Å²) in [5, 5.41) is 0.521. The van der Waals surface area contributed by atoms with E-state index in [2.05, 4.69) is 23.1 Å². The maximum atomic E-state index is 16.4. The Hall–Kier alpha value is -4.66. The van der Waals surface area contributed by atoms with E-state index in [-0.39, 0.29) is 18.0 Å². The first-order valence-electron chi connectivity index (χ1n) is 13.3. The average molecular weight is 538 g/mol. The molecule has 0 bridgehead atoms. The highest BCUT2D eigenvalue weighted by molar-refractivity contribution is 5.90. The zero-order chi connectivity index (χ0) is 28.3. The Morgan fingerprint density at radius 3 is 2.67 bits per heavy atom. The number of nitrogens with zero attached hydrogens (tertiary/aromatic N) is 6. The van der Waals surface area contributed by atoms with Gasteiger partial charge >= 0.3 is 11.3 Å². The quantitative estimate of drug-likeness (QED) is 0.291. The van der Waals surface area contributed by atoms with Crippen LogP contribution in [-0.4, -0.2) is 51.0 Å². The molecule has 0 N–H and O–H groups in total. The molecule has 2 aliphatic rings. The topological polar surface area (TPSA) is 75.2 Å². The summed E-state index contributed by atoms with van der Waals surface area (Å²) in [6.07, 6.45) is 4.72. The molecule has 4 aromatic rings. The van der Waals surface area contributed by atoms with Crippen molar-refractivity contribution in [1.29, 1.82) is 0 Å². The molecule has 1 unspecified atom stereocenters. The highest BCUT2D eigenvalue weighted by Gasteiger charge is 2.41. The van der Waals surface area contributed by atoms with E-state index in [1.807, 2.05) is 60.6 Å². The number of piperazine rings is 1. The number of anilines is 1. The molecule has 1 saturated heterocycles. The lowest BCUT2D eigenvalue weighted by Gasteiger charge is -2.40. The van der Waals surface area contributed by atoms with Gasteiger partial charge in [0.25, 0.3) is 0 Å². The molecule has 0 spiro atoms. The summed E-state index contributed by atoms with van der Waals surface area (Å²) in [5.41, 5.74) is 4.11. The Labute approximate surface area is 231 Å². The number of pyridine rings is 2. The van der Waals surface area contributed by atoms with Crippen molar-refractivity contribution in [3.05, 3.63) is 95.0 Å². The first kappa shape index (κ1) is 25.6. The molecular weight excluding hydrogens is 507 g/mol. The van der Waals surface area contributed by atoms with Crippen LogP contribution in [0.1, 0.15) is 36.7 Å². The lowest BCUT2D eigenvalue weighted by Crippen LogP contribution is -2.55. The third-order valence-corrected chi connectivity index (χ3v) is 8.04. The van der Waals surface area contributed by atoms with Crippen molar-refractivity contribution in [2.45, 2.75) is 32.9 Å². The van der Waals surface area contributed by atoms with Crippen LogP contribution in [0.5, 0.6) is 0 Å². The van der Waals surface area contributed by atoms with Gasteiger partial charge in [0.05, 0.1) is 0 Å². The standard InChI is InChI=1S/C31H30FN6O2/c1-6-21-10-8-9-11-22(21)28-24(32)16-23-29(36-15-14-35(17-19(36)4)25(39)7-2)34-31(40)38-27-18(3)12-13-33-26(27)20(5)37(28)30(23)38/h6-13,16,19-20H,1-2,14-15,17H2,3-5H3/q+1/t19-,20?/m0/s1. The van der Waals surface area contributed by atoms with Crippen LogP contribution in [0.25, 0.3) is 34.1 Å². The second kappa shape index (κ2) is 9.51. The van der Waals surface area contributed by atoms with Crippen molar-refractivity contribution < 1.29 is 13.8 Å². The second-order valence-electron chi connectivity index (χ2n) is 10.4. The van der Waals surface area contributed by atoms with E-state index in [1.54, 1.807) is 21.7 Å². The molecule has 6 rings (SSSR count). The number of aromatic nitrogens is 4. The Kier molecular flexibility index (Phi) is 6.09. The van der Waals surface area contributed by atoms with Gasteiger partial charge < -0.3 is 9.80 Å². The van der Waals surface area contributed by atoms with Gasteiger partial charge in [-0.25, -0.2) is 13.8 Å². The summed E-state index contributed by atoms with van der Waals surface area (Å²) in [5.74, 6) is -0.175. The highest BCUT2D eigenvalue weighted by atomic mass is 19.1. The van der Waals surface area contributed by atoms with Crippen molar-refractivity contribution in [3.8, 4) is 16.9 Å². The van der Waals surface area contributed by atoms with Gasteiger partial charge in [0, 0.05) is 43.0 Å². The molecule has 3 aromatic heterocycles. The number of carbonyl (C=O) groups excluding carboxylic acids is 1. The lowest BCUT2D eigenvalue weighted by molar-refractivity contribution is -0.680. The molecule has 202 valence electrons. The van der Waals surface area contributed by atoms with Crippen LogP contribution >= 0.6 is 0 Å². The highest BCUT2D eigenvalue weighted by Crippen LogP contribution is 2.37. The number of hydrogen-bond acceptors (Lipinski definition) is 5. The first-order valence-corrected chi connectivity index (χ1v) is 13.3. The van der Waals surface area contributed by atoms with Crippen molar-refractivity contribution in [3.63, 3.8) is 0 Å². The zero-order valence-electron chi connectivity index (χ0n) is 22.8. The minimum Gasteiger partial charge on any atom is -0.349 e. The predicted octanol–water partition coefficient (Wildman–Crippen LogP) is 3.97. The zero-order valence-corrected chi connectivity index (χ0v) is 22.8. The fourth-order valence-electron chi connectivity index (χ4n) is 6.13. The SMILES string of the molecule is C=CC(=O)N1CCN(c2nc(=O)n3c4c2cc(F)c(-c2ccccc2C=C)[n+]4C(C)c2nccc(C)c2-3)[C@@H](C)C1. The van der Waals surface area contributed by atoms with E-state index >= 15 is 4.39 Å². The Bertz CT molecular complexity index is 1800. The smallest absolute Gasteiger partial charge is 0.349 e. The van der Waals surface area contributed by atoms with Gasteiger partial charge in [-0.3, -0.25) is 9.78 Å². The van der Waals surface area contributed by atoms with Gasteiger partial charge in [-0.1, -0.05) is 43.5 Å². The van der Waals surface area contributed by atoms with E-state index in [0.29, 0.717) is 59.1 Å². The predicted molar refractivity (Wildman–Crippen MR) is 153 cm³/mol. The summed E-state index contributed by atoms with van der Waals surface area (Å²) < 4.78 is 19.9. The molecule has 9 heteroatoms. The Balaban J connectivity index is 1.70. The van der Waals surface area contributed by atoms with E-state index in [4.69, 9.17) is 0 Å². The van der Waals surface area contributed by atoms with Gasteiger partial charge in [0.1, 0.15) is 17.1 Å². The largest absolute Gasteiger partial charge is 0.442 e. The molecule has 0 aliphatic carbocycles. The van der Waals surface area contributed by atoms with Crippen LogP contribution in [0.3, 0.4) is 0 Å². The molecule has 5 heterocycles. The molecule has 2 aliphatic heterocycles. The number of carbonyl (C=O) groups is 1. The minimum absolute atomic E-state index is 0.142. The summed E-state index contributed by atoms with van der Waals surface area (Å²) in [7, 11) is 0. The number of aryl methyl sites for hydroxylation is 1. The third-order valence-electron chi connectivity index (χ3n) is 8.04. The van der Waals surface area contributed by atoms with Crippen molar-refractivity contribution in [1.82, 2.24) is 19.4 Å². The Morgan fingerprint density at radius 2 is 1.95 bits per heavy atom. The van der Waals surface area contributed by atoms with Crippen molar-refractivity contribution in [2.75, 3.05) is 24.5 Å². The molecule has 8 nitrogen and oxygen atoms in total. The minimum atomic E-state index is -0.466. The maximum Gasteiger partial charge on any atom is 0.442 e. The fourth-order valence-corrected chi connectivity index (χ4v) is 6.13. The summed E-state index contributed by atoms with van der Waals surface area (Å²) in [4.78, 5) is 39.1. The molecule has 1 fully saturated rings. The summed E-state index contributed by atoms with van der Waals surface area (Å²) in [6, 6.07) is 10.3. The molecule has 40 heavy (non-hydrogen) atoms. The summed E-state index contributed by atoms with van der Waals surface area (Å²) in [6.45, 7) is 14.7. The molecule has 2 atom stereocenters. The van der Waals surface area contributed by atoms with Gasteiger partial charge in [-0.05, 0) is 44.5 Å². The van der Waals surface area contributed by atoms with E-state index < -0.39 is 11.5 Å². The van der Waals surface area contributed by atoms with Gasteiger partial charge in [0.15, 0.2) is 23.0 Å². The number of rotatable bonds is 4. The molecule has 1 aromatic carbocycles. The van der Waals surface area contributed by atoms with Gasteiger partial charge in [-0.2, -0.15) is 4.98 Å². The van der Waals surface area contributed by atoms with E-state index in [1.165, 1.54) is 12.1 Å². The van der Waals surface area contributed by atoms with Crippen LogP contribution in [0.15, 0.2) is 66.6 Å². The number of hydrogen-bond donors (Lipinski definition) is 0. The summed E-state index contributed by atoms with van der Waals surface area (Å²) >= 11 is 0. The second-order valence-corrected chi connectivity index (χ2v) is 10.4.